The summed E-state index contributed by atoms with van der Waals surface area (Å²) in [4.78, 5) is 0. The molecule has 0 atom stereocenters. The Hall–Kier alpha value is -1.50. The first-order valence-corrected chi connectivity index (χ1v) is 5.58. The lowest BCUT2D eigenvalue weighted by atomic mass is 10.2. The Labute approximate surface area is 89.9 Å². The zero-order valence-corrected chi connectivity index (χ0v) is 9.03. The van der Waals surface area contributed by atoms with Crippen LogP contribution in [0.3, 0.4) is 0 Å². The van der Waals surface area contributed by atoms with Crippen molar-refractivity contribution in [1.82, 2.24) is 9.78 Å². The third-order valence-electron chi connectivity index (χ3n) is 2.93. The zero-order chi connectivity index (χ0) is 10.7. The largest absolute Gasteiger partial charge is 0.369 e. The summed E-state index contributed by atoms with van der Waals surface area (Å²) in [5.74, 6) is 0.895. The van der Waals surface area contributed by atoms with Crippen molar-refractivity contribution in [2.75, 3.05) is 11.9 Å². The van der Waals surface area contributed by atoms with Crippen molar-refractivity contribution in [2.24, 2.45) is 0 Å². The molecule has 0 radical (unpaired) electrons. The van der Waals surface area contributed by atoms with Crippen LogP contribution in [0.15, 0.2) is 6.20 Å². The van der Waals surface area contributed by atoms with Crippen molar-refractivity contribution >= 4 is 5.82 Å². The Bertz CT molecular complexity index is 368. The van der Waals surface area contributed by atoms with Gasteiger partial charge in [0.1, 0.15) is 17.5 Å². The maximum atomic E-state index is 8.96. The fourth-order valence-electron chi connectivity index (χ4n) is 2.21. The Balaban J connectivity index is 2.29. The molecular weight excluding hydrogens is 188 g/mol. The van der Waals surface area contributed by atoms with Gasteiger partial charge in [-0.05, 0) is 19.8 Å². The van der Waals surface area contributed by atoms with Gasteiger partial charge in [-0.15, -0.1) is 0 Å². The topological polar surface area (TPSA) is 53.6 Å². The molecule has 1 fully saturated rings. The number of hydrogen-bond donors (Lipinski definition) is 1. The second-order valence-corrected chi connectivity index (χ2v) is 3.93. The summed E-state index contributed by atoms with van der Waals surface area (Å²) < 4.78 is 2.00. The summed E-state index contributed by atoms with van der Waals surface area (Å²) in [5, 5.41) is 16.5. The molecular formula is C11H16N4. The van der Waals surface area contributed by atoms with Gasteiger partial charge in [-0.2, -0.15) is 10.4 Å². The van der Waals surface area contributed by atoms with E-state index >= 15 is 0 Å². The van der Waals surface area contributed by atoms with Gasteiger partial charge in [0.2, 0.25) is 0 Å². The predicted molar refractivity (Wildman–Crippen MR) is 58.6 cm³/mol. The molecule has 4 heteroatoms. The van der Waals surface area contributed by atoms with Gasteiger partial charge >= 0.3 is 0 Å². The SMILES string of the molecule is CCNc1c(C#N)cnn1C1CCCC1. The van der Waals surface area contributed by atoms with Gasteiger partial charge in [0, 0.05) is 6.54 Å². The highest BCUT2D eigenvalue weighted by molar-refractivity contribution is 5.51. The molecule has 1 aliphatic carbocycles. The monoisotopic (exact) mass is 204 g/mol. The van der Waals surface area contributed by atoms with E-state index in [9.17, 15) is 0 Å². The molecule has 0 bridgehead atoms. The highest BCUT2D eigenvalue weighted by atomic mass is 15.3. The number of nitriles is 1. The fraction of sp³-hybridized carbons (Fsp3) is 0.636. The first kappa shape index (κ1) is 10.0. The third kappa shape index (κ3) is 1.82. The van der Waals surface area contributed by atoms with Crippen LogP contribution in [0.4, 0.5) is 5.82 Å². The van der Waals surface area contributed by atoms with Crippen molar-refractivity contribution in [3.63, 3.8) is 0 Å². The van der Waals surface area contributed by atoms with Gasteiger partial charge in [-0.25, -0.2) is 4.68 Å². The van der Waals surface area contributed by atoms with E-state index in [0.717, 1.165) is 12.4 Å². The third-order valence-corrected chi connectivity index (χ3v) is 2.93. The van der Waals surface area contributed by atoms with E-state index in [1.54, 1.807) is 6.20 Å². The summed E-state index contributed by atoms with van der Waals surface area (Å²) >= 11 is 0. The Morgan fingerprint density at radius 1 is 1.60 bits per heavy atom. The molecule has 4 nitrogen and oxygen atoms in total. The minimum atomic E-state index is 0.487. The van der Waals surface area contributed by atoms with E-state index in [-0.39, 0.29) is 0 Å². The van der Waals surface area contributed by atoms with Crippen LogP contribution in [0.5, 0.6) is 0 Å². The van der Waals surface area contributed by atoms with Crippen LogP contribution in [-0.4, -0.2) is 16.3 Å². The second kappa shape index (κ2) is 4.35. The number of nitrogens with zero attached hydrogens (tertiary/aromatic N) is 3. The van der Waals surface area contributed by atoms with Crippen LogP contribution in [0.2, 0.25) is 0 Å². The summed E-state index contributed by atoms with van der Waals surface area (Å²) in [6.45, 7) is 2.86. The van der Waals surface area contributed by atoms with E-state index in [1.165, 1.54) is 25.7 Å². The quantitative estimate of drug-likeness (QED) is 0.822. The lowest BCUT2D eigenvalue weighted by Crippen LogP contribution is -2.12. The van der Waals surface area contributed by atoms with Gasteiger partial charge in [-0.3, -0.25) is 0 Å². The van der Waals surface area contributed by atoms with E-state index in [1.807, 2.05) is 11.6 Å². The smallest absolute Gasteiger partial charge is 0.142 e. The Morgan fingerprint density at radius 2 is 2.33 bits per heavy atom. The normalized spacial score (nSPS) is 16.5. The molecule has 0 aromatic carbocycles. The van der Waals surface area contributed by atoms with Crippen LogP contribution in [-0.2, 0) is 0 Å². The van der Waals surface area contributed by atoms with E-state index < -0.39 is 0 Å². The molecule has 80 valence electrons. The van der Waals surface area contributed by atoms with Crippen LogP contribution < -0.4 is 5.32 Å². The summed E-state index contributed by atoms with van der Waals surface area (Å²) in [6, 6.07) is 2.67. The predicted octanol–water partition coefficient (Wildman–Crippen LogP) is 2.30. The number of hydrogen-bond acceptors (Lipinski definition) is 3. The molecule has 2 rings (SSSR count). The van der Waals surface area contributed by atoms with Crippen LogP contribution in [0, 0.1) is 11.3 Å². The Kier molecular flexibility index (Phi) is 2.91. The molecule has 1 heterocycles. The van der Waals surface area contributed by atoms with E-state index in [0.29, 0.717) is 11.6 Å². The number of nitrogens with one attached hydrogen (secondary N) is 1. The van der Waals surface area contributed by atoms with Crippen molar-refractivity contribution in [3.05, 3.63) is 11.8 Å². The summed E-state index contributed by atoms with van der Waals surface area (Å²) in [6.07, 6.45) is 6.59. The molecule has 0 saturated heterocycles. The van der Waals surface area contributed by atoms with Crippen LogP contribution >= 0.6 is 0 Å². The van der Waals surface area contributed by atoms with Crippen molar-refractivity contribution in [3.8, 4) is 6.07 Å². The van der Waals surface area contributed by atoms with E-state index in [4.69, 9.17) is 5.26 Å². The van der Waals surface area contributed by atoms with Crippen molar-refractivity contribution in [2.45, 2.75) is 38.6 Å². The maximum Gasteiger partial charge on any atom is 0.142 e. The standard InChI is InChI=1S/C11H16N4/c1-2-13-11-9(7-12)8-14-15(11)10-5-3-4-6-10/h8,10,13H,2-6H2,1H3. The van der Waals surface area contributed by atoms with E-state index in [2.05, 4.69) is 16.5 Å². The first-order chi connectivity index (χ1) is 7.36. The zero-order valence-electron chi connectivity index (χ0n) is 9.03. The van der Waals surface area contributed by atoms with Gasteiger partial charge in [0.25, 0.3) is 0 Å². The molecule has 0 amide bonds. The highest BCUT2D eigenvalue weighted by Crippen LogP contribution is 2.32. The molecule has 1 saturated carbocycles. The van der Waals surface area contributed by atoms with Crippen molar-refractivity contribution in [1.29, 1.82) is 5.26 Å². The second-order valence-electron chi connectivity index (χ2n) is 3.93. The molecule has 1 aromatic rings. The fourth-order valence-corrected chi connectivity index (χ4v) is 2.21. The number of rotatable bonds is 3. The molecule has 1 aliphatic rings. The molecule has 15 heavy (non-hydrogen) atoms. The lowest BCUT2D eigenvalue weighted by molar-refractivity contribution is 0.472. The minimum Gasteiger partial charge on any atom is -0.369 e. The molecule has 0 spiro atoms. The maximum absolute atomic E-state index is 8.96. The Morgan fingerprint density at radius 3 is 2.93 bits per heavy atom. The van der Waals surface area contributed by atoms with Gasteiger partial charge in [-0.1, -0.05) is 12.8 Å². The molecule has 0 unspecified atom stereocenters. The van der Waals surface area contributed by atoms with Crippen molar-refractivity contribution < 1.29 is 0 Å². The first-order valence-electron chi connectivity index (χ1n) is 5.58. The lowest BCUT2D eigenvalue weighted by Gasteiger charge is -2.14. The van der Waals surface area contributed by atoms with Crippen LogP contribution in [0.1, 0.15) is 44.2 Å². The summed E-state index contributed by atoms with van der Waals surface area (Å²) in [5.41, 5.74) is 0.656. The number of anilines is 1. The van der Waals surface area contributed by atoms with Gasteiger partial charge in [0.15, 0.2) is 0 Å². The molecule has 1 N–H and O–H groups in total. The molecule has 1 aromatic heterocycles. The summed E-state index contributed by atoms with van der Waals surface area (Å²) in [7, 11) is 0. The average Bonchev–Trinajstić information content (AvgIpc) is 2.85. The van der Waals surface area contributed by atoms with Crippen LogP contribution in [0.25, 0.3) is 0 Å². The van der Waals surface area contributed by atoms with Gasteiger partial charge in [0.05, 0.1) is 12.2 Å². The minimum absolute atomic E-state index is 0.487. The number of aromatic nitrogens is 2. The van der Waals surface area contributed by atoms with Gasteiger partial charge < -0.3 is 5.32 Å². The average molecular weight is 204 g/mol. The highest BCUT2D eigenvalue weighted by Gasteiger charge is 2.21. The molecule has 0 aliphatic heterocycles.